The van der Waals surface area contributed by atoms with Gasteiger partial charge in [-0.3, -0.25) is 25.0 Å². The van der Waals surface area contributed by atoms with Crippen LogP contribution in [0.1, 0.15) is 41.6 Å². The number of benzene rings is 3. The monoisotopic (exact) mass is 696 g/mol. The summed E-state index contributed by atoms with van der Waals surface area (Å²) in [7, 11) is 1.59. The number of carboxylic acids is 1. The highest BCUT2D eigenvalue weighted by Gasteiger charge is 2.74. The fraction of sp³-hybridized carbons (Fsp3) is 0.342. The van der Waals surface area contributed by atoms with Gasteiger partial charge in [0.05, 0.1) is 25.4 Å². The normalized spacial score (nSPS) is 24.2. The van der Waals surface area contributed by atoms with Gasteiger partial charge >= 0.3 is 12.0 Å². The van der Waals surface area contributed by atoms with Crippen LogP contribution in [0.25, 0.3) is 0 Å². The van der Waals surface area contributed by atoms with E-state index in [-0.39, 0.29) is 30.9 Å². The molecule has 6 rings (SSSR count). The van der Waals surface area contributed by atoms with Crippen molar-refractivity contribution in [1.29, 1.82) is 0 Å². The standard InChI is InChI=1S/C38H40N4O9/c1-23(26-6-4-3-5-7-26)39-37(47)41-31-19-12-25(9-8-24-10-15-28(50-2)16-11-24)22-30(31)38(36(41)46)33(40-32(35(44)45)34(38)42(48)49)27-13-17-29(18-14-27)51-21-20-43/h3-7,10-13,15-19,22-23,27,32-34,40,43H,8-9,14,20-21H2,1-2H3,(H,39,47)(H,44,45)/t23-,27?,32+,33-,34-,38-/m0/s1. The molecule has 3 aromatic rings. The van der Waals surface area contributed by atoms with Gasteiger partial charge in [0.15, 0.2) is 11.5 Å². The van der Waals surface area contributed by atoms with Crippen molar-refractivity contribution in [3.8, 4) is 5.75 Å². The van der Waals surface area contributed by atoms with E-state index in [2.05, 4.69) is 10.6 Å². The number of hydrogen-bond donors (Lipinski definition) is 4. The molecule has 266 valence electrons. The lowest BCUT2D eigenvalue weighted by molar-refractivity contribution is -0.529. The van der Waals surface area contributed by atoms with E-state index in [1.807, 2.05) is 54.6 Å². The van der Waals surface area contributed by atoms with Crippen LogP contribution in [0, 0.1) is 16.0 Å². The summed E-state index contributed by atoms with van der Waals surface area (Å²) >= 11 is 0. The van der Waals surface area contributed by atoms with Crippen LogP contribution in [0.15, 0.2) is 96.8 Å². The number of urea groups is 1. The van der Waals surface area contributed by atoms with Crippen LogP contribution in [-0.4, -0.2) is 71.5 Å². The van der Waals surface area contributed by atoms with E-state index in [1.54, 1.807) is 50.5 Å². The summed E-state index contributed by atoms with van der Waals surface area (Å²) in [5.74, 6) is -1.75. The minimum atomic E-state index is -2.07. The number of aliphatic hydroxyl groups excluding tert-OH is 1. The first-order valence-electron chi connectivity index (χ1n) is 16.8. The molecule has 0 radical (unpaired) electrons. The summed E-state index contributed by atoms with van der Waals surface area (Å²) in [6, 6.07) is 15.8. The molecule has 1 aliphatic carbocycles. The average Bonchev–Trinajstić information content (AvgIpc) is 3.63. The van der Waals surface area contributed by atoms with Crippen LogP contribution in [0.5, 0.6) is 5.75 Å². The van der Waals surface area contributed by atoms with Gasteiger partial charge in [-0.1, -0.05) is 60.7 Å². The van der Waals surface area contributed by atoms with Crippen molar-refractivity contribution in [2.75, 3.05) is 25.2 Å². The first-order chi connectivity index (χ1) is 24.6. The molecule has 1 fully saturated rings. The summed E-state index contributed by atoms with van der Waals surface area (Å²) in [5, 5.41) is 38.4. The maximum absolute atomic E-state index is 15.1. The van der Waals surface area contributed by atoms with Crippen LogP contribution in [0.4, 0.5) is 10.5 Å². The molecule has 1 saturated heterocycles. The Morgan fingerprint density at radius 2 is 1.80 bits per heavy atom. The van der Waals surface area contributed by atoms with E-state index in [4.69, 9.17) is 9.47 Å². The Bertz CT molecular complexity index is 1860. The largest absolute Gasteiger partial charge is 0.497 e. The first kappa shape index (κ1) is 35.3. The van der Waals surface area contributed by atoms with Crippen molar-refractivity contribution in [2.45, 2.75) is 55.8 Å². The smallest absolute Gasteiger partial charge is 0.329 e. The first-order valence-corrected chi connectivity index (χ1v) is 16.8. The number of anilines is 1. The number of aryl methyl sites for hydroxylation is 2. The number of carboxylic acid groups (broad SMARTS) is 1. The van der Waals surface area contributed by atoms with Gasteiger partial charge in [0.1, 0.15) is 18.1 Å². The van der Waals surface area contributed by atoms with Crippen molar-refractivity contribution in [1.82, 2.24) is 10.6 Å². The maximum Gasteiger partial charge on any atom is 0.329 e. The Hall–Kier alpha value is -5.53. The van der Waals surface area contributed by atoms with Crippen LogP contribution in [0.3, 0.4) is 0 Å². The molecule has 0 bridgehead atoms. The molecule has 1 spiro atoms. The van der Waals surface area contributed by atoms with Gasteiger partial charge in [0.25, 0.3) is 11.9 Å². The molecule has 51 heavy (non-hydrogen) atoms. The van der Waals surface area contributed by atoms with Crippen molar-refractivity contribution >= 4 is 23.6 Å². The zero-order valence-electron chi connectivity index (χ0n) is 28.2. The summed E-state index contributed by atoms with van der Waals surface area (Å²) in [6.07, 6.45) is 6.48. The maximum atomic E-state index is 15.1. The Morgan fingerprint density at radius 1 is 1.10 bits per heavy atom. The predicted octanol–water partition coefficient (Wildman–Crippen LogP) is 4.07. The molecule has 2 aliphatic heterocycles. The number of rotatable bonds is 12. The number of hydrogen-bond acceptors (Lipinski definition) is 9. The van der Waals surface area contributed by atoms with Gasteiger partial charge in [-0.2, -0.15) is 0 Å². The van der Waals surface area contributed by atoms with E-state index >= 15 is 4.79 Å². The molecule has 3 aromatic carbocycles. The number of imide groups is 1. The summed E-state index contributed by atoms with van der Waals surface area (Å²) in [4.78, 5) is 55.2. The van der Waals surface area contributed by atoms with Crippen molar-refractivity contribution in [3.05, 3.63) is 129 Å². The number of aliphatic carboxylic acids is 1. The van der Waals surface area contributed by atoms with Gasteiger partial charge in [0, 0.05) is 16.5 Å². The van der Waals surface area contributed by atoms with E-state index in [0.29, 0.717) is 24.4 Å². The zero-order chi connectivity index (χ0) is 36.3. The fourth-order valence-corrected chi connectivity index (χ4v) is 7.57. The van der Waals surface area contributed by atoms with Crippen molar-refractivity contribution < 1.29 is 39.0 Å². The van der Waals surface area contributed by atoms with Crippen LogP contribution in [-0.2, 0) is 32.6 Å². The van der Waals surface area contributed by atoms with Gasteiger partial charge in [-0.25, -0.2) is 9.69 Å². The lowest BCUT2D eigenvalue weighted by atomic mass is 9.66. The molecule has 2 heterocycles. The van der Waals surface area contributed by atoms with Gasteiger partial charge in [-0.05, 0) is 79.1 Å². The second kappa shape index (κ2) is 14.8. The third-order valence-electron chi connectivity index (χ3n) is 10.0. The molecule has 0 aromatic heterocycles. The third kappa shape index (κ3) is 6.57. The highest BCUT2D eigenvalue weighted by molar-refractivity contribution is 6.23. The molecule has 13 heteroatoms. The Kier molecular flexibility index (Phi) is 10.2. The number of carbonyl (C=O) groups is 3. The topological polar surface area (TPSA) is 181 Å². The molecular formula is C38H40N4O9. The second-order valence-corrected chi connectivity index (χ2v) is 12.9. The van der Waals surface area contributed by atoms with E-state index in [9.17, 15) is 29.9 Å². The lowest BCUT2D eigenvalue weighted by Gasteiger charge is -2.35. The summed E-state index contributed by atoms with van der Waals surface area (Å²) < 4.78 is 10.8. The molecule has 3 aliphatic rings. The molecule has 13 nitrogen and oxygen atoms in total. The third-order valence-corrected chi connectivity index (χ3v) is 10.0. The Morgan fingerprint density at radius 3 is 2.43 bits per heavy atom. The number of aliphatic hydroxyl groups is 1. The molecule has 0 saturated carbocycles. The van der Waals surface area contributed by atoms with Crippen LogP contribution >= 0.6 is 0 Å². The number of methoxy groups -OCH3 is 1. The fourth-order valence-electron chi connectivity index (χ4n) is 7.57. The number of carbonyl (C=O) groups excluding carboxylic acids is 2. The number of nitro groups is 1. The van der Waals surface area contributed by atoms with E-state index in [1.165, 1.54) is 0 Å². The van der Waals surface area contributed by atoms with Crippen LogP contribution < -0.4 is 20.3 Å². The summed E-state index contributed by atoms with van der Waals surface area (Å²) in [6.45, 7) is 1.63. The lowest BCUT2D eigenvalue weighted by Crippen LogP contribution is -2.59. The molecular weight excluding hydrogens is 656 g/mol. The van der Waals surface area contributed by atoms with Gasteiger partial charge in [0.2, 0.25) is 0 Å². The van der Waals surface area contributed by atoms with E-state index < -0.39 is 58.3 Å². The number of nitrogens with one attached hydrogen (secondary N) is 2. The van der Waals surface area contributed by atoms with Gasteiger partial charge in [-0.15, -0.1) is 0 Å². The Labute approximate surface area is 294 Å². The van der Waals surface area contributed by atoms with Crippen LogP contribution in [0.2, 0.25) is 0 Å². The molecule has 1 unspecified atom stereocenters. The molecule has 6 atom stereocenters. The SMILES string of the molecule is COc1ccc(CCc2ccc3c(c2)[C@@]2(C(=O)N3C(=O)N[C@@H](C)c3ccccc3)[C@@H]([N+](=O)[O-])[C@H](C(=O)O)N[C@H]2C2C=CC(OCCO)=CC2)cc1. The number of nitrogens with zero attached hydrogens (tertiary/aromatic N) is 2. The number of ether oxygens (including phenoxy) is 2. The van der Waals surface area contributed by atoms with Crippen molar-refractivity contribution in [3.63, 3.8) is 0 Å². The minimum absolute atomic E-state index is 0.0631. The number of amides is 3. The zero-order valence-corrected chi connectivity index (χ0v) is 28.2. The average molecular weight is 697 g/mol. The molecule has 3 amide bonds. The predicted molar refractivity (Wildman–Crippen MR) is 187 cm³/mol. The van der Waals surface area contributed by atoms with Crippen molar-refractivity contribution in [2.24, 2.45) is 5.92 Å². The number of allylic oxidation sites excluding steroid dienone is 2. The quantitative estimate of drug-likeness (QED) is 0.159. The highest BCUT2D eigenvalue weighted by Crippen LogP contribution is 2.53. The summed E-state index contributed by atoms with van der Waals surface area (Å²) in [5.41, 5.74) is 0.885. The second-order valence-electron chi connectivity index (χ2n) is 12.9. The highest BCUT2D eigenvalue weighted by atomic mass is 16.6. The minimum Gasteiger partial charge on any atom is -0.497 e. The Balaban J connectivity index is 1.45. The number of fused-ring (bicyclic) bond motifs is 2. The molecule has 4 N–H and O–H groups in total. The van der Waals surface area contributed by atoms with E-state index in [0.717, 1.165) is 21.6 Å². The van der Waals surface area contributed by atoms with Gasteiger partial charge < -0.3 is 25.0 Å².